The van der Waals surface area contributed by atoms with Crippen molar-refractivity contribution >= 4 is 23.2 Å². The Bertz CT molecular complexity index is 614. The first kappa shape index (κ1) is 17.1. The van der Waals surface area contributed by atoms with Crippen molar-refractivity contribution in [3.63, 3.8) is 0 Å². The van der Waals surface area contributed by atoms with Gasteiger partial charge in [-0.1, -0.05) is 41.4 Å². The second kappa shape index (κ2) is 8.42. The van der Waals surface area contributed by atoms with Gasteiger partial charge < -0.3 is 9.64 Å². The largest absolute Gasteiger partial charge is 0.489 e. The molecule has 0 aromatic heterocycles. The summed E-state index contributed by atoms with van der Waals surface area (Å²) in [6, 6.07) is 13.7. The van der Waals surface area contributed by atoms with E-state index in [4.69, 9.17) is 27.9 Å². The van der Waals surface area contributed by atoms with E-state index in [0.29, 0.717) is 16.7 Å². The Morgan fingerprint density at radius 2 is 1.86 bits per heavy atom. The van der Waals surface area contributed by atoms with Gasteiger partial charge in [-0.25, -0.2) is 0 Å². The SMILES string of the molecule is CN(C)CCCc1cccc(OCc2ccc(Cl)cc2Cl)c1. The zero-order valence-electron chi connectivity index (χ0n) is 13.0. The van der Waals surface area contributed by atoms with Crippen molar-refractivity contribution in [1.29, 1.82) is 0 Å². The second-order valence-corrected chi connectivity index (χ2v) is 6.42. The molecule has 0 heterocycles. The molecule has 0 saturated carbocycles. The molecule has 0 fully saturated rings. The summed E-state index contributed by atoms with van der Waals surface area (Å²) in [5.41, 5.74) is 2.23. The van der Waals surface area contributed by atoms with Gasteiger partial charge in [0.2, 0.25) is 0 Å². The van der Waals surface area contributed by atoms with E-state index < -0.39 is 0 Å². The summed E-state index contributed by atoms with van der Waals surface area (Å²) >= 11 is 12.1. The van der Waals surface area contributed by atoms with Gasteiger partial charge in [0.05, 0.1) is 0 Å². The number of halogens is 2. The Morgan fingerprint density at radius 3 is 2.59 bits per heavy atom. The van der Waals surface area contributed by atoms with Gasteiger partial charge in [-0.05, 0) is 63.3 Å². The van der Waals surface area contributed by atoms with Gasteiger partial charge in [-0.15, -0.1) is 0 Å². The van der Waals surface area contributed by atoms with E-state index in [1.807, 2.05) is 24.3 Å². The van der Waals surface area contributed by atoms with Crippen LogP contribution in [0.4, 0.5) is 0 Å². The first-order valence-electron chi connectivity index (χ1n) is 7.35. The third kappa shape index (κ3) is 5.53. The van der Waals surface area contributed by atoms with Crippen LogP contribution in [-0.4, -0.2) is 25.5 Å². The lowest BCUT2D eigenvalue weighted by Crippen LogP contribution is -2.13. The third-order valence-electron chi connectivity index (χ3n) is 3.38. The van der Waals surface area contributed by atoms with E-state index in [9.17, 15) is 0 Å². The van der Waals surface area contributed by atoms with Crippen LogP contribution < -0.4 is 4.74 Å². The fourth-order valence-corrected chi connectivity index (χ4v) is 2.65. The molecule has 4 heteroatoms. The average molecular weight is 338 g/mol. The zero-order chi connectivity index (χ0) is 15.9. The summed E-state index contributed by atoms with van der Waals surface area (Å²) in [6.45, 7) is 1.53. The van der Waals surface area contributed by atoms with Gasteiger partial charge in [-0.3, -0.25) is 0 Å². The number of nitrogens with zero attached hydrogens (tertiary/aromatic N) is 1. The minimum Gasteiger partial charge on any atom is -0.489 e. The molecule has 0 aliphatic heterocycles. The highest BCUT2D eigenvalue weighted by Gasteiger charge is 2.03. The summed E-state index contributed by atoms with van der Waals surface area (Å²) in [5, 5.41) is 1.27. The normalized spacial score (nSPS) is 11.0. The average Bonchev–Trinajstić information content (AvgIpc) is 2.46. The molecule has 118 valence electrons. The van der Waals surface area contributed by atoms with Crippen LogP contribution in [0.25, 0.3) is 0 Å². The lowest BCUT2D eigenvalue weighted by Gasteiger charge is -2.11. The van der Waals surface area contributed by atoms with Gasteiger partial charge in [0.25, 0.3) is 0 Å². The van der Waals surface area contributed by atoms with Crippen LogP contribution >= 0.6 is 23.2 Å². The van der Waals surface area contributed by atoms with Crippen molar-refractivity contribution in [2.24, 2.45) is 0 Å². The van der Waals surface area contributed by atoms with E-state index in [2.05, 4.69) is 31.1 Å². The molecule has 22 heavy (non-hydrogen) atoms. The van der Waals surface area contributed by atoms with Crippen LogP contribution in [0.3, 0.4) is 0 Å². The van der Waals surface area contributed by atoms with Crippen LogP contribution in [-0.2, 0) is 13.0 Å². The van der Waals surface area contributed by atoms with Crippen molar-refractivity contribution in [1.82, 2.24) is 4.90 Å². The highest BCUT2D eigenvalue weighted by atomic mass is 35.5. The molecule has 0 aliphatic rings. The molecule has 0 bridgehead atoms. The van der Waals surface area contributed by atoms with E-state index >= 15 is 0 Å². The van der Waals surface area contributed by atoms with Crippen molar-refractivity contribution in [2.45, 2.75) is 19.4 Å². The molecule has 0 amide bonds. The standard InChI is InChI=1S/C18H21Cl2NO/c1-21(2)10-4-6-14-5-3-7-17(11-14)22-13-15-8-9-16(19)12-18(15)20/h3,5,7-9,11-12H,4,6,10,13H2,1-2H3. The van der Waals surface area contributed by atoms with Gasteiger partial charge in [0, 0.05) is 15.6 Å². The summed E-state index contributed by atoms with van der Waals surface area (Å²) < 4.78 is 5.84. The monoisotopic (exact) mass is 337 g/mol. The molecule has 0 aliphatic carbocycles. The number of benzene rings is 2. The summed E-state index contributed by atoms with van der Waals surface area (Å²) in [4.78, 5) is 2.20. The van der Waals surface area contributed by atoms with Crippen LogP contribution in [0.5, 0.6) is 5.75 Å². The maximum Gasteiger partial charge on any atom is 0.120 e. The van der Waals surface area contributed by atoms with E-state index in [0.717, 1.165) is 30.7 Å². The molecule has 2 nitrogen and oxygen atoms in total. The van der Waals surface area contributed by atoms with Crippen molar-refractivity contribution in [3.8, 4) is 5.75 Å². The second-order valence-electron chi connectivity index (χ2n) is 5.58. The van der Waals surface area contributed by atoms with Gasteiger partial charge in [-0.2, -0.15) is 0 Å². The first-order valence-corrected chi connectivity index (χ1v) is 8.10. The van der Waals surface area contributed by atoms with E-state index in [1.54, 1.807) is 6.07 Å². The highest BCUT2D eigenvalue weighted by Crippen LogP contribution is 2.23. The fourth-order valence-electron chi connectivity index (χ4n) is 2.19. The van der Waals surface area contributed by atoms with Crippen molar-refractivity contribution in [2.75, 3.05) is 20.6 Å². The molecule has 2 aromatic rings. The molecular weight excluding hydrogens is 317 g/mol. The number of aryl methyl sites for hydroxylation is 1. The summed E-state index contributed by atoms with van der Waals surface area (Å²) in [7, 11) is 4.19. The lowest BCUT2D eigenvalue weighted by atomic mass is 10.1. The zero-order valence-corrected chi connectivity index (χ0v) is 14.5. The van der Waals surface area contributed by atoms with E-state index in [1.165, 1.54) is 5.56 Å². The topological polar surface area (TPSA) is 12.5 Å². The smallest absolute Gasteiger partial charge is 0.120 e. The molecule has 0 N–H and O–H groups in total. The molecule has 0 spiro atoms. The Labute approximate surface area is 142 Å². The maximum atomic E-state index is 6.16. The Hall–Kier alpha value is -1.22. The quantitative estimate of drug-likeness (QED) is 0.699. The lowest BCUT2D eigenvalue weighted by molar-refractivity contribution is 0.306. The minimum absolute atomic E-state index is 0.442. The molecule has 0 radical (unpaired) electrons. The fraction of sp³-hybridized carbons (Fsp3) is 0.333. The van der Waals surface area contributed by atoms with E-state index in [-0.39, 0.29) is 0 Å². The van der Waals surface area contributed by atoms with Crippen LogP contribution in [0.2, 0.25) is 10.0 Å². The van der Waals surface area contributed by atoms with Crippen LogP contribution in [0.15, 0.2) is 42.5 Å². The number of hydrogen-bond acceptors (Lipinski definition) is 2. The van der Waals surface area contributed by atoms with Crippen LogP contribution in [0, 0.1) is 0 Å². The Kier molecular flexibility index (Phi) is 6.56. The number of rotatable bonds is 7. The third-order valence-corrected chi connectivity index (χ3v) is 3.97. The summed E-state index contributed by atoms with van der Waals surface area (Å²) in [6.07, 6.45) is 2.19. The molecule has 0 atom stereocenters. The minimum atomic E-state index is 0.442. The summed E-state index contributed by atoms with van der Waals surface area (Å²) in [5.74, 6) is 0.869. The highest BCUT2D eigenvalue weighted by molar-refractivity contribution is 6.35. The number of hydrogen-bond donors (Lipinski definition) is 0. The molecule has 0 saturated heterocycles. The molecule has 2 rings (SSSR count). The molecule has 0 unspecified atom stereocenters. The maximum absolute atomic E-state index is 6.16. The first-order chi connectivity index (χ1) is 10.5. The Morgan fingerprint density at radius 1 is 1.05 bits per heavy atom. The Balaban J connectivity index is 1.92. The van der Waals surface area contributed by atoms with Crippen molar-refractivity contribution in [3.05, 3.63) is 63.6 Å². The van der Waals surface area contributed by atoms with Gasteiger partial charge in [0.1, 0.15) is 12.4 Å². The number of ether oxygens (including phenoxy) is 1. The van der Waals surface area contributed by atoms with Gasteiger partial charge in [0.15, 0.2) is 0 Å². The molecular formula is C18H21Cl2NO. The van der Waals surface area contributed by atoms with Crippen molar-refractivity contribution < 1.29 is 4.74 Å². The van der Waals surface area contributed by atoms with Gasteiger partial charge >= 0.3 is 0 Å². The predicted octanol–water partition coefficient (Wildman–Crippen LogP) is 5.07. The predicted molar refractivity (Wildman–Crippen MR) is 94.1 cm³/mol. The molecule has 2 aromatic carbocycles. The van der Waals surface area contributed by atoms with Crippen LogP contribution in [0.1, 0.15) is 17.5 Å².